The van der Waals surface area contributed by atoms with E-state index in [-0.39, 0.29) is 0 Å². The number of aryl methyl sites for hydroxylation is 1. The van der Waals surface area contributed by atoms with Crippen LogP contribution in [0.4, 0.5) is 0 Å². The quantitative estimate of drug-likeness (QED) is 0.119. The summed E-state index contributed by atoms with van der Waals surface area (Å²) in [6.07, 6.45) is 0.975. The van der Waals surface area contributed by atoms with Crippen molar-refractivity contribution in [1.82, 2.24) is 0 Å². The Hall–Kier alpha value is -1.95. The molecule has 0 aliphatic rings. The number of rotatable bonds is 7. The topological polar surface area (TPSA) is 18.5 Å². The van der Waals surface area contributed by atoms with Gasteiger partial charge in [0.1, 0.15) is 0 Å². The maximum absolute atomic E-state index is 6.60. The first-order chi connectivity index (χ1) is 14.2. The zero-order valence-electron chi connectivity index (χ0n) is 16.8. The van der Waals surface area contributed by atoms with Crippen LogP contribution in [0.1, 0.15) is 23.1 Å². The van der Waals surface area contributed by atoms with Gasteiger partial charge in [0.25, 0.3) is 0 Å². The predicted octanol–water partition coefficient (Wildman–Crippen LogP) is 6.99. The number of benzene rings is 4. The molecule has 0 N–H and O–H groups in total. The minimum Gasteiger partial charge on any atom is -0.346 e. The average molecular weight is 496 g/mol. The minimum absolute atomic E-state index is 0.631. The normalized spacial score (nSPS) is 13.6. The maximum atomic E-state index is 6.60. The fraction of sp³-hybridized carbons (Fsp3) is 0.231. The fourth-order valence-electron chi connectivity index (χ4n) is 4.06. The van der Waals surface area contributed by atoms with Crippen molar-refractivity contribution in [3.63, 3.8) is 0 Å². The van der Waals surface area contributed by atoms with Gasteiger partial charge in [-0.1, -0.05) is 95.4 Å². The Balaban J connectivity index is 1.99. The van der Waals surface area contributed by atoms with Gasteiger partial charge in [0, 0.05) is 22.7 Å². The molecule has 1 unspecified atom stereocenters. The summed E-state index contributed by atoms with van der Waals surface area (Å²) in [5.41, 5.74) is 3.27. The Morgan fingerprint density at radius 3 is 2.28 bits per heavy atom. The second-order valence-electron chi connectivity index (χ2n) is 7.25. The van der Waals surface area contributed by atoms with Crippen LogP contribution < -0.4 is 0 Å². The third kappa shape index (κ3) is 3.79. The molecule has 0 heterocycles. The number of halogens is 1. The van der Waals surface area contributed by atoms with Gasteiger partial charge in [-0.2, -0.15) is 0 Å². The van der Waals surface area contributed by atoms with Gasteiger partial charge < -0.3 is 9.47 Å². The van der Waals surface area contributed by atoms with Gasteiger partial charge in [-0.25, -0.2) is 0 Å². The Bertz CT molecular complexity index is 1140. The highest BCUT2D eigenvalue weighted by Gasteiger charge is 2.38. The lowest BCUT2D eigenvalue weighted by Gasteiger charge is -2.35. The van der Waals surface area contributed by atoms with Crippen molar-refractivity contribution in [2.24, 2.45) is 0 Å². The number of methoxy groups -OCH3 is 1. The van der Waals surface area contributed by atoms with Crippen molar-refractivity contribution in [3.05, 3.63) is 95.6 Å². The zero-order valence-corrected chi connectivity index (χ0v) is 19.0. The molecule has 0 aliphatic heterocycles. The molecule has 0 saturated heterocycles. The number of ether oxygens (including phenoxy) is 2. The van der Waals surface area contributed by atoms with Crippen LogP contribution in [0, 0.1) is 6.92 Å². The van der Waals surface area contributed by atoms with E-state index >= 15 is 0 Å². The van der Waals surface area contributed by atoms with E-state index in [4.69, 9.17) is 9.47 Å². The van der Waals surface area contributed by atoms with Crippen LogP contribution in [-0.4, -0.2) is 18.1 Å². The highest BCUT2D eigenvalue weighted by Crippen LogP contribution is 2.41. The summed E-state index contributed by atoms with van der Waals surface area (Å²) in [7, 11) is 1.75. The van der Waals surface area contributed by atoms with Crippen LogP contribution in [0.2, 0.25) is 0 Å². The maximum Gasteiger partial charge on any atom is 0.222 e. The van der Waals surface area contributed by atoms with Crippen LogP contribution in [0.15, 0.2) is 78.9 Å². The van der Waals surface area contributed by atoms with E-state index in [1.165, 1.54) is 16.2 Å². The molecule has 3 heteroatoms. The van der Waals surface area contributed by atoms with Gasteiger partial charge in [-0.05, 0) is 46.5 Å². The first-order valence-electron chi connectivity index (χ1n) is 9.93. The molecule has 1 atom stereocenters. The molecule has 0 bridgehead atoms. The van der Waals surface area contributed by atoms with Gasteiger partial charge >= 0.3 is 0 Å². The monoisotopic (exact) mass is 496 g/mol. The first-order valence-corrected chi connectivity index (χ1v) is 11.5. The summed E-state index contributed by atoms with van der Waals surface area (Å²) in [5, 5.41) is 4.75. The zero-order chi connectivity index (χ0) is 20.3. The summed E-state index contributed by atoms with van der Waals surface area (Å²) in [5.74, 6) is -0.958. The largest absolute Gasteiger partial charge is 0.346 e. The Labute approximate surface area is 186 Å². The summed E-state index contributed by atoms with van der Waals surface area (Å²) in [4.78, 5) is 0. The second-order valence-corrected chi connectivity index (χ2v) is 8.33. The van der Waals surface area contributed by atoms with Crippen molar-refractivity contribution in [1.29, 1.82) is 0 Å². The lowest BCUT2D eigenvalue weighted by molar-refractivity contribution is -0.200. The third-order valence-electron chi connectivity index (χ3n) is 5.47. The minimum atomic E-state index is -0.958. The smallest absolute Gasteiger partial charge is 0.222 e. The molecule has 4 aromatic carbocycles. The van der Waals surface area contributed by atoms with Crippen molar-refractivity contribution < 1.29 is 9.47 Å². The molecule has 148 valence electrons. The third-order valence-corrected chi connectivity index (χ3v) is 6.23. The molecule has 4 rings (SSSR count). The standard InChI is InChI=1S/C26H25IO2/c1-19-12-13-21-9-5-6-11-24(21)25(19)26(28-2,29-17-7-16-27)23-15-14-20-8-3-4-10-22(20)18-23/h3-6,8-15,18H,7,16-17H2,1-2H3. The van der Waals surface area contributed by atoms with Crippen LogP contribution in [0.3, 0.4) is 0 Å². The van der Waals surface area contributed by atoms with E-state index in [0.717, 1.165) is 32.9 Å². The van der Waals surface area contributed by atoms with Crippen LogP contribution >= 0.6 is 22.6 Å². The van der Waals surface area contributed by atoms with Crippen LogP contribution in [0.25, 0.3) is 21.5 Å². The molecule has 0 aliphatic carbocycles. The summed E-state index contributed by atoms with van der Waals surface area (Å²) < 4.78 is 13.9. The molecule has 0 aromatic heterocycles. The molecule has 29 heavy (non-hydrogen) atoms. The van der Waals surface area contributed by atoms with Crippen LogP contribution in [0.5, 0.6) is 0 Å². The SMILES string of the molecule is COC(OCCCI)(c1ccc2ccccc2c1)c1c(C)ccc2ccccc12. The number of fused-ring (bicyclic) bond motifs is 2. The van der Waals surface area contributed by atoms with E-state index < -0.39 is 5.79 Å². The van der Waals surface area contributed by atoms with Gasteiger partial charge in [-0.15, -0.1) is 0 Å². The molecular weight excluding hydrogens is 471 g/mol. The van der Waals surface area contributed by atoms with Gasteiger partial charge in [0.2, 0.25) is 5.79 Å². The molecule has 0 fully saturated rings. The number of alkyl halides is 1. The Kier molecular flexibility index (Phi) is 6.18. The lowest BCUT2D eigenvalue weighted by atomic mass is 9.88. The van der Waals surface area contributed by atoms with Gasteiger partial charge in [-0.3, -0.25) is 0 Å². The molecule has 0 saturated carbocycles. The summed E-state index contributed by atoms with van der Waals surface area (Å²) in [6.45, 7) is 2.77. The van der Waals surface area contributed by atoms with Crippen molar-refractivity contribution >= 4 is 44.1 Å². The van der Waals surface area contributed by atoms with Crippen LogP contribution in [-0.2, 0) is 15.3 Å². The number of hydrogen-bond donors (Lipinski definition) is 0. The molecule has 4 aromatic rings. The lowest BCUT2D eigenvalue weighted by Crippen LogP contribution is -2.35. The van der Waals surface area contributed by atoms with E-state index in [1.54, 1.807) is 7.11 Å². The highest BCUT2D eigenvalue weighted by atomic mass is 127. The summed E-state index contributed by atoms with van der Waals surface area (Å²) >= 11 is 2.39. The Morgan fingerprint density at radius 2 is 1.52 bits per heavy atom. The fourth-order valence-corrected chi connectivity index (χ4v) is 4.37. The molecular formula is C26H25IO2. The van der Waals surface area contributed by atoms with Crippen molar-refractivity contribution in [2.45, 2.75) is 19.1 Å². The van der Waals surface area contributed by atoms with Gasteiger partial charge in [0.05, 0.1) is 6.61 Å². The molecule has 0 radical (unpaired) electrons. The number of hydrogen-bond acceptors (Lipinski definition) is 2. The highest BCUT2D eigenvalue weighted by molar-refractivity contribution is 14.1. The summed E-state index contributed by atoms with van der Waals surface area (Å²) in [6, 6.07) is 27.7. The average Bonchev–Trinajstić information content (AvgIpc) is 2.77. The van der Waals surface area contributed by atoms with Gasteiger partial charge in [0.15, 0.2) is 0 Å². The molecule has 2 nitrogen and oxygen atoms in total. The van der Waals surface area contributed by atoms with E-state index in [1.807, 2.05) is 0 Å². The second kappa shape index (κ2) is 8.82. The van der Waals surface area contributed by atoms with Crippen molar-refractivity contribution in [2.75, 3.05) is 18.1 Å². The predicted molar refractivity (Wildman–Crippen MR) is 130 cm³/mol. The van der Waals surface area contributed by atoms with E-state index in [0.29, 0.717) is 6.61 Å². The van der Waals surface area contributed by atoms with E-state index in [2.05, 4.69) is 108 Å². The molecule has 0 amide bonds. The molecule has 0 spiro atoms. The Morgan fingerprint density at radius 1 is 0.828 bits per heavy atom. The first kappa shape index (κ1) is 20.3. The van der Waals surface area contributed by atoms with Crippen molar-refractivity contribution in [3.8, 4) is 0 Å². The van der Waals surface area contributed by atoms with E-state index in [9.17, 15) is 0 Å².